The first-order valence-corrected chi connectivity index (χ1v) is 9.16. The molecule has 0 aromatic heterocycles. The van der Waals surface area contributed by atoms with Gasteiger partial charge in [-0.25, -0.2) is 0 Å². The van der Waals surface area contributed by atoms with E-state index < -0.39 is 0 Å². The standard InChI is InChI=1S/C18H32N2O/c1-12-9-20(10-13(2)21-12)11-17(19)18-6-14-3-15(7-18)5-16(4-14)8-18/h12-17H,3-11,19H2,1-2H3. The second kappa shape index (κ2) is 5.21. The van der Waals surface area contributed by atoms with E-state index in [1.807, 2.05) is 0 Å². The van der Waals surface area contributed by atoms with Gasteiger partial charge in [0.05, 0.1) is 12.2 Å². The van der Waals surface area contributed by atoms with Gasteiger partial charge in [0, 0.05) is 25.7 Å². The fraction of sp³-hybridized carbons (Fsp3) is 1.00. The van der Waals surface area contributed by atoms with Crippen molar-refractivity contribution in [1.82, 2.24) is 4.90 Å². The highest BCUT2D eigenvalue weighted by Crippen LogP contribution is 2.61. The Balaban J connectivity index is 1.44. The van der Waals surface area contributed by atoms with Crippen LogP contribution >= 0.6 is 0 Å². The molecule has 21 heavy (non-hydrogen) atoms. The smallest absolute Gasteiger partial charge is 0.0678 e. The Morgan fingerprint density at radius 2 is 1.48 bits per heavy atom. The molecular weight excluding hydrogens is 260 g/mol. The van der Waals surface area contributed by atoms with Crippen LogP contribution in [0.15, 0.2) is 0 Å². The van der Waals surface area contributed by atoms with Gasteiger partial charge in [0.1, 0.15) is 0 Å². The second-order valence-corrected chi connectivity index (χ2v) is 8.86. The number of ether oxygens (including phenoxy) is 1. The van der Waals surface area contributed by atoms with Crippen LogP contribution in [0.4, 0.5) is 0 Å². The van der Waals surface area contributed by atoms with Gasteiger partial charge < -0.3 is 10.5 Å². The largest absolute Gasteiger partial charge is 0.373 e. The van der Waals surface area contributed by atoms with Gasteiger partial charge in [-0.3, -0.25) is 4.90 Å². The molecule has 3 unspecified atom stereocenters. The monoisotopic (exact) mass is 292 g/mol. The predicted octanol–water partition coefficient (Wildman–Crippen LogP) is 2.64. The highest BCUT2D eigenvalue weighted by Gasteiger charge is 2.53. The van der Waals surface area contributed by atoms with Crippen LogP contribution in [0, 0.1) is 23.2 Å². The van der Waals surface area contributed by atoms with E-state index in [0.29, 0.717) is 23.7 Å². The number of nitrogens with zero attached hydrogens (tertiary/aromatic N) is 1. The van der Waals surface area contributed by atoms with Crippen LogP contribution in [0.5, 0.6) is 0 Å². The lowest BCUT2D eigenvalue weighted by molar-refractivity contribution is -0.0937. The molecular formula is C18H32N2O. The summed E-state index contributed by atoms with van der Waals surface area (Å²) < 4.78 is 5.86. The summed E-state index contributed by atoms with van der Waals surface area (Å²) >= 11 is 0. The summed E-state index contributed by atoms with van der Waals surface area (Å²) in [5.74, 6) is 3.01. The molecule has 1 heterocycles. The molecule has 4 aliphatic carbocycles. The summed E-state index contributed by atoms with van der Waals surface area (Å²) in [6, 6.07) is 0.378. The van der Waals surface area contributed by atoms with Gasteiger partial charge in [-0.2, -0.15) is 0 Å². The van der Waals surface area contributed by atoms with Crippen molar-refractivity contribution >= 4 is 0 Å². The van der Waals surface area contributed by atoms with Gasteiger partial charge in [0.2, 0.25) is 0 Å². The first kappa shape index (κ1) is 14.5. The normalized spacial score (nSPS) is 51.3. The molecule has 3 heteroatoms. The zero-order chi connectivity index (χ0) is 14.6. The fourth-order valence-corrected chi connectivity index (χ4v) is 6.54. The summed E-state index contributed by atoms with van der Waals surface area (Å²) in [6.07, 6.45) is 9.53. The predicted molar refractivity (Wildman–Crippen MR) is 85.0 cm³/mol. The average Bonchev–Trinajstić information content (AvgIpc) is 2.35. The van der Waals surface area contributed by atoms with Crippen molar-refractivity contribution in [2.24, 2.45) is 28.9 Å². The molecule has 3 nitrogen and oxygen atoms in total. The van der Waals surface area contributed by atoms with E-state index in [0.717, 1.165) is 37.4 Å². The maximum absolute atomic E-state index is 6.81. The van der Waals surface area contributed by atoms with E-state index in [9.17, 15) is 0 Å². The number of morpholine rings is 1. The molecule has 1 aliphatic heterocycles. The first-order chi connectivity index (χ1) is 10.0. The van der Waals surface area contributed by atoms with Gasteiger partial charge in [-0.15, -0.1) is 0 Å². The van der Waals surface area contributed by atoms with Gasteiger partial charge >= 0.3 is 0 Å². The highest BCUT2D eigenvalue weighted by molar-refractivity contribution is 5.06. The zero-order valence-electron chi connectivity index (χ0n) is 13.8. The van der Waals surface area contributed by atoms with Gasteiger partial charge in [0.15, 0.2) is 0 Å². The van der Waals surface area contributed by atoms with E-state index >= 15 is 0 Å². The third kappa shape index (κ3) is 2.66. The van der Waals surface area contributed by atoms with Gasteiger partial charge in [-0.1, -0.05) is 0 Å². The minimum absolute atomic E-state index is 0.359. The molecule has 4 bridgehead atoms. The van der Waals surface area contributed by atoms with Crippen LogP contribution in [0.1, 0.15) is 52.4 Å². The minimum atomic E-state index is 0.359. The Morgan fingerprint density at radius 1 is 1.00 bits per heavy atom. The summed E-state index contributed by atoms with van der Waals surface area (Å²) in [5, 5.41) is 0. The fourth-order valence-electron chi connectivity index (χ4n) is 6.54. The molecule has 5 fully saturated rings. The molecule has 0 radical (unpaired) electrons. The zero-order valence-corrected chi connectivity index (χ0v) is 13.8. The summed E-state index contributed by atoms with van der Waals surface area (Å²) in [4.78, 5) is 2.57. The lowest BCUT2D eigenvalue weighted by atomic mass is 9.48. The van der Waals surface area contributed by atoms with Crippen molar-refractivity contribution < 1.29 is 4.74 Å². The summed E-state index contributed by atoms with van der Waals surface area (Å²) in [7, 11) is 0. The highest BCUT2D eigenvalue weighted by atomic mass is 16.5. The molecule has 4 saturated carbocycles. The molecule has 0 spiro atoms. The summed E-state index contributed by atoms with van der Waals surface area (Å²) in [5.41, 5.74) is 7.30. The van der Waals surface area contributed by atoms with Crippen molar-refractivity contribution in [1.29, 1.82) is 0 Å². The Hall–Kier alpha value is -0.120. The number of hydrogen-bond donors (Lipinski definition) is 1. The van der Waals surface area contributed by atoms with Crippen molar-refractivity contribution in [3.63, 3.8) is 0 Å². The van der Waals surface area contributed by atoms with Gasteiger partial charge in [-0.05, 0) is 75.5 Å². The Kier molecular flexibility index (Phi) is 3.59. The lowest BCUT2D eigenvalue weighted by Gasteiger charge is -2.59. The van der Waals surface area contributed by atoms with Crippen LogP contribution in [0.2, 0.25) is 0 Å². The molecule has 0 aromatic carbocycles. The molecule has 0 amide bonds. The topological polar surface area (TPSA) is 38.5 Å². The average molecular weight is 292 g/mol. The van der Waals surface area contributed by atoms with Crippen molar-refractivity contribution in [3.05, 3.63) is 0 Å². The first-order valence-electron chi connectivity index (χ1n) is 9.16. The van der Waals surface area contributed by atoms with Crippen LogP contribution in [-0.2, 0) is 4.74 Å². The molecule has 120 valence electrons. The molecule has 1 saturated heterocycles. The maximum Gasteiger partial charge on any atom is 0.0678 e. The quantitative estimate of drug-likeness (QED) is 0.869. The minimum Gasteiger partial charge on any atom is -0.373 e. The Bertz CT molecular complexity index is 351. The molecule has 0 aromatic rings. The Morgan fingerprint density at radius 3 is 1.95 bits per heavy atom. The molecule has 5 aliphatic rings. The SMILES string of the molecule is CC1CN(CC(N)C23CC4CC(CC(C4)C2)C3)CC(C)O1. The van der Waals surface area contributed by atoms with Crippen LogP contribution in [-0.4, -0.2) is 42.8 Å². The number of rotatable bonds is 3. The van der Waals surface area contributed by atoms with Gasteiger partial charge in [0.25, 0.3) is 0 Å². The molecule has 5 rings (SSSR count). The van der Waals surface area contributed by atoms with Crippen LogP contribution < -0.4 is 5.73 Å². The van der Waals surface area contributed by atoms with E-state index in [2.05, 4.69) is 18.7 Å². The van der Waals surface area contributed by atoms with E-state index in [4.69, 9.17) is 10.5 Å². The van der Waals surface area contributed by atoms with Crippen molar-refractivity contribution in [3.8, 4) is 0 Å². The van der Waals surface area contributed by atoms with Crippen molar-refractivity contribution in [2.45, 2.75) is 70.6 Å². The van der Waals surface area contributed by atoms with Crippen LogP contribution in [0.25, 0.3) is 0 Å². The third-order valence-electron chi connectivity index (χ3n) is 6.82. The third-order valence-corrected chi connectivity index (χ3v) is 6.82. The number of nitrogens with two attached hydrogens (primary N) is 1. The lowest BCUT2D eigenvalue weighted by Crippen LogP contribution is -2.59. The molecule has 3 atom stereocenters. The van der Waals surface area contributed by atoms with Crippen molar-refractivity contribution in [2.75, 3.05) is 19.6 Å². The van der Waals surface area contributed by atoms with E-state index in [1.54, 1.807) is 0 Å². The van der Waals surface area contributed by atoms with Crippen LogP contribution in [0.3, 0.4) is 0 Å². The van der Waals surface area contributed by atoms with E-state index in [-0.39, 0.29) is 0 Å². The van der Waals surface area contributed by atoms with E-state index in [1.165, 1.54) is 38.5 Å². The number of hydrogen-bond acceptors (Lipinski definition) is 3. The summed E-state index contributed by atoms with van der Waals surface area (Å²) in [6.45, 7) is 7.59. The maximum atomic E-state index is 6.81. The Labute approximate surface area is 129 Å². The molecule has 2 N–H and O–H groups in total. The second-order valence-electron chi connectivity index (χ2n) is 8.86.